The summed E-state index contributed by atoms with van der Waals surface area (Å²) in [4.78, 5) is 33.2. The van der Waals surface area contributed by atoms with Crippen molar-refractivity contribution in [2.75, 3.05) is 19.7 Å². The molecular formula is C26H44N4O5. The fourth-order valence-electron chi connectivity index (χ4n) is 4.02. The molecule has 0 bridgehead atoms. The smallest absolute Gasteiger partial charge is 0.407 e. The summed E-state index contributed by atoms with van der Waals surface area (Å²) in [6.45, 7) is 12.0. The van der Waals surface area contributed by atoms with Gasteiger partial charge in [0.25, 0.3) is 0 Å². The maximum atomic E-state index is 11.6. The minimum absolute atomic E-state index is 0.000439. The third-order valence-electron chi connectivity index (χ3n) is 5.66. The number of rotatable bonds is 7. The van der Waals surface area contributed by atoms with Gasteiger partial charge in [-0.25, -0.2) is 4.79 Å². The average Bonchev–Trinajstić information content (AvgIpc) is 3.15. The van der Waals surface area contributed by atoms with E-state index >= 15 is 0 Å². The Morgan fingerprint density at radius 2 is 1.97 bits per heavy atom. The highest BCUT2D eigenvalue weighted by molar-refractivity contribution is 5.68. The first-order chi connectivity index (χ1) is 16.6. The van der Waals surface area contributed by atoms with Crippen LogP contribution in [0.2, 0.25) is 0 Å². The molecule has 2 heterocycles. The van der Waals surface area contributed by atoms with E-state index in [4.69, 9.17) is 14.3 Å². The van der Waals surface area contributed by atoms with Crippen molar-refractivity contribution < 1.29 is 23.9 Å². The lowest BCUT2D eigenvalue weighted by Gasteiger charge is -2.24. The van der Waals surface area contributed by atoms with Crippen molar-refractivity contribution in [2.45, 2.75) is 90.4 Å². The number of nitrogens with two attached hydrogens (primary N) is 1. The maximum absolute atomic E-state index is 11.6. The van der Waals surface area contributed by atoms with Crippen LogP contribution in [0.25, 0.3) is 0 Å². The molecule has 198 valence electrons. The number of hydrogen-bond acceptors (Lipinski definition) is 6. The van der Waals surface area contributed by atoms with Gasteiger partial charge in [-0.1, -0.05) is 18.2 Å². The Labute approximate surface area is 210 Å². The number of para-hydroxylation sites is 1. The molecule has 35 heavy (non-hydrogen) atoms. The number of carbonyl (C=O) groups is 3. The largest absolute Gasteiger partial charge is 0.493 e. The van der Waals surface area contributed by atoms with E-state index in [1.165, 1.54) is 12.0 Å². The van der Waals surface area contributed by atoms with Crippen LogP contribution < -0.4 is 21.1 Å². The van der Waals surface area contributed by atoms with Crippen LogP contribution in [0.4, 0.5) is 4.79 Å². The molecule has 3 unspecified atom stereocenters. The summed E-state index contributed by atoms with van der Waals surface area (Å²) in [5, 5.41) is 6.13. The van der Waals surface area contributed by atoms with Gasteiger partial charge in [-0.3, -0.25) is 9.59 Å². The number of benzene rings is 1. The quantitative estimate of drug-likeness (QED) is 0.397. The molecule has 2 aliphatic rings. The van der Waals surface area contributed by atoms with Gasteiger partial charge in [0.1, 0.15) is 11.4 Å². The molecule has 0 saturated carbocycles. The summed E-state index contributed by atoms with van der Waals surface area (Å²) >= 11 is 0. The van der Waals surface area contributed by atoms with Crippen molar-refractivity contribution in [2.24, 2.45) is 5.73 Å². The van der Waals surface area contributed by atoms with E-state index in [2.05, 4.69) is 35.4 Å². The van der Waals surface area contributed by atoms with Gasteiger partial charge in [0, 0.05) is 24.7 Å². The first-order valence-electron chi connectivity index (χ1n) is 12.4. The summed E-state index contributed by atoms with van der Waals surface area (Å²) < 4.78 is 10.6. The predicted molar refractivity (Wildman–Crippen MR) is 137 cm³/mol. The molecule has 4 N–H and O–H groups in total. The van der Waals surface area contributed by atoms with Gasteiger partial charge in [0.2, 0.25) is 12.8 Å². The second-order valence-electron chi connectivity index (χ2n) is 9.87. The van der Waals surface area contributed by atoms with E-state index in [-0.39, 0.29) is 12.5 Å². The van der Waals surface area contributed by atoms with Crippen molar-refractivity contribution in [3.63, 3.8) is 0 Å². The number of primary amides is 1. The monoisotopic (exact) mass is 492 g/mol. The predicted octanol–water partition coefficient (Wildman–Crippen LogP) is 3.00. The highest BCUT2D eigenvalue weighted by Crippen LogP contribution is 2.24. The molecule has 1 fully saturated rings. The Bertz CT molecular complexity index is 743. The number of likely N-dealkylation sites (tertiary alicyclic amines) is 1. The number of nitrogens with zero attached hydrogens (tertiary/aromatic N) is 1. The van der Waals surface area contributed by atoms with E-state index in [0.29, 0.717) is 18.6 Å². The molecule has 1 aromatic carbocycles. The molecule has 3 atom stereocenters. The molecule has 0 spiro atoms. The zero-order chi connectivity index (χ0) is 26.3. The van der Waals surface area contributed by atoms with Crippen molar-refractivity contribution in [3.05, 3.63) is 29.8 Å². The first-order valence-corrected chi connectivity index (χ1v) is 12.4. The molecule has 2 aliphatic heterocycles. The Morgan fingerprint density at radius 3 is 2.60 bits per heavy atom. The van der Waals surface area contributed by atoms with Gasteiger partial charge >= 0.3 is 6.09 Å². The third kappa shape index (κ3) is 12.5. The summed E-state index contributed by atoms with van der Waals surface area (Å²) in [5.74, 6) is 1.08. The van der Waals surface area contributed by atoms with Crippen LogP contribution in [0.5, 0.6) is 5.75 Å². The van der Waals surface area contributed by atoms with Crippen LogP contribution in [-0.2, 0) is 20.7 Å². The van der Waals surface area contributed by atoms with Gasteiger partial charge in [0.05, 0.1) is 6.61 Å². The number of aryl methyl sites for hydroxylation is 1. The molecule has 3 rings (SSSR count). The number of nitrogens with one attached hydrogen (secondary N) is 2. The molecular weight excluding hydrogens is 448 g/mol. The SMILES string of the molecule is CC(CNCCC1CCC(C)N1C=O)NC(=O)OC(C)(C)C.NC=O.c1ccc2c(c1)CCCO2. The normalized spacial score (nSPS) is 19.4. The number of alkyl carbamates (subject to hydrolysis) is 1. The van der Waals surface area contributed by atoms with Crippen molar-refractivity contribution in [1.82, 2.24) is 15.5 Å². The molecule has 3 amide bonds. The van der Waals surface area contributed by atoms with Gasteiger partial charge in [-0.2, -0.15) is 0 Å². The Morgan fingerprint density at radius 1 is 1.29 bits per heavy atom. The molecule has 1 aromatic rings. The number of hydrogen-bond donors (Lipinski definition) is 3. The Kier molecular flexibility index (Phi) is 13.8. The van der Waals surface area contributed by atoms with Crippen LogP contribution in [0.15, 0.2) is 24.3 Å². The van der Waals surface area contributed by atoms with Gasteiger partial charge in [0.15, 0.2) is 0 Å². The summed E-state index contributed by atoms with van der Waals surface area (Å²) in [5.41, 5.74) is 5.04. The van der Waals surface area contributed by atoms with Crippen LogP contribution >= 0.6 is 0 Å². The molecule has 0 aliphatic carbocycles. The zero-order valence-electron chi connectivity index (χ0n) is 21.9. The highest BCUT2D eigenvalue weighted by Gasteiger charge is 2.28. The van der Waals surface area contributed by atoms with Crippen molar-refractivity contribution >= 4 is 18.9 Å². The minimum Gasteiger partial charge on any atom is -0.493 e. The maximum Gasteiger partial charge on any atom is 0.407 e. The standard InChI is InChI=1S/C16H31N3O3.C9H10O.CH3NO/c1-12(18-15(21)22-16(3,4)5)10-17-9-8-14-7-6-13(2)19(14)11-20;1-2-6-9-8(4-1)5-3-7-10-9;2-1-3/h11-14,17H,6-10H2,1-5H3,(H,18,21);1-2,4,6H,3,5,7H2;1H,(H2,2,3). The lowest BCUT2D eigenvalue weighted by molar-refractivity contribution is -0.120. The molecule has 0 aromatic heterocycles. The lowest BCUT2D eigenvalue weighted by Crippen LogP contribution is -2.43. The second kappa shape index (κ2) is 16.0. The molecule has 9 nitrogen and oxygen atoms in total. The van der Waals surface area contributed by atoms with Crippen LogP contribution in [0.3, 0.4) is 0 Å². The number of amides is 3. The second-order valence-corrected chi connectivity index (χ2v) is 9.87. The summed E-state index contributed by atoms with van der Waals surface area (Å²) in [6, 6.07) is 8.95. The zero-order valence-corrected chi connectivity index (χ0v) is 21.9. The highest BCUT2D eigenvalue weighted by atomic mass is 16.6. The minimum atomic E-state index is -0.477. The van der Waals surface area contributed by atoms with E-state index in [0.717, 1.165) is 51.0 Å². The summed E-state index contributed by atoms with van der Waals surface area (Å²) in [6.07, 6.45) is 6.27. The molecule has 1 saturated heterocycles. The van der Waals surface area contributed by atoms with Crippen molar-refractivity contribution in [3.8, 4) is 5.75 Å². The van der Waals surface area contributed by atoms with E-state index in [1.807, 2.05) is 44.7 Å². The van der Waals surface area contributed by atoms with Gasteiger partial charge in [-0.15, -0.1) is 0 Å². The molecule has 0 radical (unpaired) electrons. The number of fused-ring (bicyclic) bond motifs is 1. The fraction of sp³-hybridized carbons (Fsp3) is 0.654. The van der Waals surface area contributed by atoms with E-state index in [1.54, 1.807) is 0 Å². The fourth-order valence-corrected chi connectivity index (χ4v) is 4.02. The number of carbonyl (C=O) groups excluding carboxylic acids is 3. The summed E-state index contributed by atoms with van der Waals surface area (Å²) in [7, 11) is 0. The number of ether oxygens (including phenoxy) is 2. The Balaban J connectivity index is 0.000000384. The lowest BCUT2D eigenvalue weighted by atomic mass is 10.1. The van der Waals surface area contributed by atoms with Crippen molar-refractivity contribution in [1.29, 1.82) is 0 Å². The van der Waals surface area contributed by atoms with Gasteiger partial charge < -0.3 is 30.7 Å². The Hall–Kier alpha value is -2.81. The molecule has 9 heteroatoms. The van der Waals surface area contributed by atoms with Crippen LogP contribution in [-0.4, -0.2) is 67.2 Å². The van der Waals surface area contributed by atoms with Gasteiger partial charge in [-0.05, 0) is 84.9 Å². The van der Waals surface area contributed by atoms with E-state index < -0.39 is 11.7 Å². The first kappa shape index (κ1) is 30.2. The average molecular weight is 493 g/mol. The van der Waals surface area contributed by atoms with Crippen LogP contribution in [0.1, 0.15) is 65.9 Å². The third-order valence-corrected chi connectivity index (χ3v) is 5.66. The van der Waals surface area contributed by atoms with Crippen LogP contribution in [0, 0.1) is 0 Å². The van der Waals surface area contributed by atoms with E-state index in [9.17, 15) is 9.59 Å². The topological polar surface area (TPSA) is 123 Å².